The molecule has 4 heterocycles. The highest BCUT2D eigenvalue weighted by Crippen LogP contribution is 2.41. The number of Topliss-reactive ketones (excluding diaryl/α,β-unsaturated/α-hetero) is 1. The molecule has 0 bridgehead atoms. The van der Waals surface area contributed by atoms with Crippen molar-refractivity contribution >= 4 is 39.0 Å². The first-order valence-electron chi connectivity index (χ1n) is 11.1. The lowest BCUT2D eigenvalue weighted by atomic mass is 9.99. The second-order valence-corrected chi connectivity index (χ2v) is 9.81. The van der Waals surface area contributed by atoms with Crippen LogP contribution in [0.2, 0.25) is 0 Å². The van der Waals surface area contributed by atoms with E-state index in [0.717, 1.165) is 23.3 Å². The summed E-state index contributed by atoms with van der Waals surface area (Å²) < 4.78 is 7.80. The van der Waals surface area contributed by atoms with Gasteiger partial charge in [0.2, 0.25) is 5.78 Å². The highest BCUT2D eigenvalue weighted by Gasteiger charge is 2.45. The molecule has 0 spiro atoms. The van der Waals surface area contributed by atoms with Crippen molar-refractivity contribution in [3.63, 3.8) is 0 Å². The summed E-state index contributed by atoms with van der Waals surface area (Å²) in [5.74, 6) is -0.300. The number of furan rings is 1. The van der Waals surface area contributed by atoms with Crippen LogP contribution in [0.5, 0.6) is 0 Å². The Morgan fingerprint density at radius 2 is 1.97 bits per heavy atom. The van der Waals surface area contributed by atoms with Crippen molar-refractivity contribution < 1.29 is 19.1 Å². The number of amides is 1. The number of carbonyl (C=O) groups excluding carboxylic acids is 2. The van der Waals surface area contributed by atoms with E-state index in [9.17, 15) is 14.7 Å². The average Bonchev–Trinajstić information content (AvgIpc) is 3.52. The molecule has 8 nitrogen and oxygen atoms in total. The summed E-state index contributed by atoms with van der Waals surface area (Å²) in [5.41, 5.74) is 2.55. The molecule has 1 aliphatic rings. The fraction of sp³-hybridized carbons (Fsp3) is 0.320. The zero-order chi connectivity index (χ0) is 24.1. The van der Waals surface area contributed by atoms with E-state index in [1.165, 1.54) is 16.2 Å². The predicted octanol–water partition coefficient (Wildman–Crippen LogP) is 4.29. The number of benzene rings is 1. The summed E-state index contributed by atoms with van der Waals surface area (Å²) >= 11 is 1.26. The van der Waals surface area contributed by atoms with E-state index in [-0.39, 0.29) is 11.4 Å². The number of rotatable bonds is 7. The fourth-order valence-corrected chi connectivity index (χ4v) is 5.66. The molecule has 176 valence electrons. The third-order valence-corrected chi connectivity index (χ3v) is 7.32. The van der Waals surface area contributed by atoms with Crippen molar-refractivity contribution in [3.05, 3.63) is 69.8 Å². The average molecular weight is 479 g/mol. The topological polar surface area (TPSA) is 91.3 Å². The molecular weight excluding hydrogens is 452 g/mol. The van der Waals surface area contributed by atoms with Crippen LogP contribution in [0.15, 0.2) is 52.1 Å². The normalized spacial score (nSPS) is 16.7. The number of thiazole rings is 1. The van der Waals surface area contributed by atoms with E-state index in [1.807, 2.05) is 61.5 Å². The van der Waals surface area contributed by atoms with Crippen LogP contribution in [0.1, 0.15) is 39.3 Å². The van der Waals surface area contributed by atoms with E-state index in [0.29, 0.717) is 34.3 Å². The Bertz CT molecular complexity index is 1460. The number of aromatic nitrogens is 2. The number of fused-ring (bicyclic) bond motifs is 3. The van der Waals surface area contributed by atoms with Crippen molar-refractivity contribution in [1.82, 2.24) is 19.2 Å². The Morgan fingerprint density at radius 3 is 2.68 bits per heavy atom. The standard InChI is InChI=1S/C25H26N4O4S/c1-14-10-11-18(33-14)20-19(22(31)24(32)28(20)13-7-12-27(3)4)21(30)23-15(2)29-17-9-6-5-8-16(17)26-25(29)34-23/h5-6,8-11,20,31H,7,12-13H2,1-4H3. The summed E-state index contributed by atoms with van der Waals surface area (Å²) in [5, 5.41) is 10.9. The minimum absolute atomic E-state index is 0.0566. The molecule has 1 amide bonds. The van der Waals surface area contributed by atoms with Crippen LogP contribution in [0.25, 0.3) is 16.0 Å². The van der Waals surface area contributed by atoms with Crippen molar-refractivity contribution in [2.24, 2.45) is 0 Å². The van der Waals surface area contributed by atoms with Crippen molar-refractivity contribution in [3.8, 4) is 0 Å². The van der Waals surface area contributed by atoms with Crippen LogP contribution in [0.3, 0.4) is 0 Å². The molecule has 0 saturated heterocycles. The van der Waals surface area contributed by atoms with Crippen LogP contribution in [0, 0.1) is 13.8 Å². The number of hydrogen-bond acceptors (Lipinski definition) is 7. The summed E-state index contributed by atoms with van der Waals surface area (Å²) in [6.07, 6.45) is 0.696. The van der Waals surface area contributed by atoms with Gasteiger partial charge in [0.1, 0.15) is 17.6 Å². The Hall–Kier alpha value is -3.43. The molecule has 1 aromatic carbocycles. The van der Waals surface area contributed by atoms with Gasteiger partial charge in [0, 0.05) is 12.2 Å². The maximum atomic E-state index is 13.9. The van der Waals surface area contributed by atoms with Crippen LogP contribution < -0.4 is 0 Å². The second-order valence-electron chi connectivity index (χ2n) is 8.83. The molecule has 5 rings (SSSR count). The first-order valence-corrected chi connectivity index (χ1v) is 12.0. The van der Waals surface area contributed by atoms with Gasteiger partial charge in [-0.05, 0) is 65.2 Å². The van der Waals surface area contributed by atoms with E-state index in [1.54, 1.807) is 12.1 Å². The zero-order valence-electron chi connectivity index (χ0n) is 19.5. The quantitative estimate of drug-likeness (QED) is 0.399. The van der Waals surface area contributed by atoms with Gasteiger partial charge in [0.05, 0.1) is 21.5 Å². The number of hydrogen-bond donors (Lipinski definition) is 1. The molecule has 0 radical (unpaired) electrons. The molecule has 1 aliphatic heterocycles. The number of aryl methyl sites for hydroxylation is 2. The monoisotopic (exact) mass is 478 g/mol. The van der Waals surface area contributed by atoms with Gasteiger partial charge >= 0.3 is 0 Å². The molecule has 0 fully saturated rings. The van der Waals surface area contributed by atoms with Gasteiger partial charge in [0.15, 0.2) is 10.7 Å². The summed E-state index contributed by atoms with van der Waals surface area (Å²) in [4.78, 5) is 36.3. The number of carbonyl (C=O) groups is 2. The molecule has 1 N–H and O–H groups in total. The first-order chi connectivity index (χ1) is 16.3. The van der Waals surface area contributed by atoms with E-state index in [2.05, 4.69) is 4.98 Å². The van der Waals surface area contributed by atoms with Crippen LogP contribution in [-0.2, 0) is 4.79 Å². The Balaban J connectivity index is 1.58. The third kappa shape index (κ3) is 3.52. The largest absolute Gasteiger partial charge is 0.503 e. The molecule has 34 heavy (non-hydrogen) atoms. The number of para-hydroxylation sites is 2. The van der Waals surface area contributed by atoms with Gasteiger partial charge < -0.3 is 19.3 Å². The van der Waals surface area contributed by atoms with Crippen molar-refractivity contribution in [2.75, 3.05) is 27.2 Å². The number of aliphatic hydroxyl groups excluding tert-OH is 1. The SMILES string of the molecule is Cc1ccc(C2C(C(=O)c3sc4nc5ccccc5n4c3C)=C(O)C(=O)N2CCCN(C)C)o1. The van der Waals surface area contributed by atoms with Gasteiger partial charge in [-0.25, -0.2) is 4.98 Å². The molecule has 1 atom stereocenters. The molecule has 1 unspecified atom stereocenters. The minimum Gasteiger partial charge on any atom is -0.503 e. The number of imidazole rings is 1. The van der Waals surface area contributed by atoms with Gasteiger partial charge in [0.25, 0.3) is 5.91 Å². The fourth-order valence-electron chi connectivity index (χ4n) is 4.57. The smallest absolute Gasteiger partial charge is 0.290 e. The zero-order valence-corrected chi connectivity index (χ0v) is 20.3. The molecule has 3 aromatic heterocycles. The molecule has 9 heteroatoms. The number of aliphatic hydroxyl groups is 1. The van der Waals surface area contributed by atoms with E-state index >= 15 is 0 Å². The predicted molar refractivity (Wildman–Crippen MR) is 130 cm³/mol. The first kappa shape index (κ1) is 22.4. The van der Waals surface area contributed by atoms with E-state index < -0.39 is 17.7 Å². The van der Waals surface area contributed by atoms with Crippen molar-refractivity contribution in [1.29, 1.82) is 0 Å². The van der Waals surface area contributed by atoms with Gasteiger partial charge in [-0.2, -0.15) is 0 Å². The highest BCUT2D eigenvalue weighted by atomic mass is 32.1. The molecule has 0 aliphatic carbocycles. The van der Waals surface area contributed by atoms with Gasteiger partial charge in [-0.15, -0.1) is 0 Å². The minimum atomic E-state index is -0.776. The van der Waals surface area contributed by atoms with Gasteiger partial charge in [-0.3, -0.25) is 14.0 Å². The number of nitrogens with zero attached hydrogens (tertiary/aromatic N) is 4. The van der Waals surface area contributed by atoms with Gasteiger partial charge in [-0.1, -0.05) is 23.5 Å². The highest BCUT2D eigenvalue weighted by molar-refractivity contribution is 7.19. The Morgan fingerprint density at radius 1 is 1.21 bits per heavy atom. The summed E-state index contributed by atoms with van der Waals surface area (Å²) in [6.45, 7) is 4.83. The van der Waals surface area contributed by atoms with Crippen LogP contribution >= 0.6 is 11.3 Å². The Kier molecular flexibility index (Phi) is 5.53. The lowest BCUT2D eigenvalue weighted by Crippen LogP contribution is -2.33. The lowest BCUT2D eigenvalue weighted by molar-refractivity contribution is -0.129. The van der Waals surface area contributed by atoms with E-state index in [4.69, 9.17) is 4.42 Å². The van der Waals surface area contributed by atoms with Crippen molar-refractivity contribution in [2.45, 2.75) is 26.3 Å². The summed E-state index contributed by atoms with van der Waals surface area (Å²) in [7, 11) is 3.92. The lowest BCUT2D eigenvalue weighted by Gasteiger charge is -2.25. The second kappa shape index (κ2) is 8.41. The Labute approximate surface area is 200 Å². The molecular formula is C25H26N4O4S. The third-order valence-electron chi connectivity index (χ3n) is 6.18. The molecule has 4 aromatic rings. The van der Waals surface area contributed by atoms with Crippen LogP contribution in [0.4, 0.5) is 0 Å². The maximum Gasteiger partial charge on any atom is 0.290 e. The summed E-state index contributed by atoms with van der Waals surface area (Å²) in [6, 6.07) is 10.5. The van der Waals surface area contributed by atoms with Crippen LogP contribution in [-0.4, -0.2) is 63.2 Å². The maximum absolute atomic E-state index is 13.9. The molecule has 0 saturated carbocycles. The number of ketones is 1.